The summed E-state index contributed by atoms with van der Waals surface area (Å²) in [5.41, 5.74) is 4.37. The molecule has 1 aromatic rings. The van der Waals surface area contributed by atoms with Crippen LogP contribution in [0, 0.1) is 0 Å². The number of carbonyl (C=O) groups excluding carboxylic acids is 2. The molecule has 1 heterocycles. The molecule has 0 bridgehead atoms. The molecule has 1 aliphatic heterocycles. The van der Waals surface area contributed by atoms with Gasteiger partial charge in [0.1, 0.15) is 0 Å². The average Bonchev–Trinajstić information content (AvgIpc) is 2.58. The molecule has 0 spiro atoms. The van der Waals surface area contributed by atoms with E-state index in [1.54, 1.807) is 12.1 Å². The Hall–Kier alpha value is -1.84. The van der Waals surface area contributed by atoms with Crippen molar-refractivity contribution in [3.63, 3.8) is 0 Å². The molecule has 1 aliphatic rings. The maximum Gasteiger partial charge on any atom is 0.240 e. The second-order valence-corrected chi connectivity index (χ2v) is 4.06. The van der Waals surface area contributed by atoms with Gasteiger partial charge in [-0.15, -0.1) is 0 Å². The van der Waals surface area contributed by atoms with E-state index >= 15 is 0 Å². The number of hydrogen-bond acceptors (Lipinski definition) is 3. The Morgan fingerprint density at radius 2 is 2.00 bits per heavy atom. The van der Waals surface area contributed by atoms with Gasteiger partial charge in [0.15, 0.2) is 5.78 Å². The van der Waals surface area contributed by atoms with Crippen molar-refractivity contribution in [2.24, 2.45) is 0 Å². The number of amides is 1. The number of anilines is 1. The molecule has 16 heavy (non-hydrogen) atoms. The largest absolute Gasteiger partial charge is 0.295 e. The molecule has 4 heteroatoms. The third-order valence-corrected chi connectivity index (χ3v) is 2.72. The first-order chi connectivity index (χ1) is 7.58. The summed E-state index contributed by atoms with van der Waals surface area (Å²) in [5.74, 6) is 0.0770. The summed E-state index contributed by atoms with van der Waals surface area (Å²) in [6.45, 7) is 3.52. The second kappa shape index (κ2) is 3.96. The van der Waals surface area contributed by atoms with Crippen molar-refractivity contribution >= 4 is 17.4 Å². The molecule has 1 N–H and O–H groups in total. The lowest BCUT2D eigenvalue weighted by molar-refractivity contribution is -0.119. The topological polar surface area (TPSA) is 49.4 Å². The van der Waals surface area contributed by atoms with Crippen molar-refractivity contribution in [1.29, 1.82) is 0 Å². The third kappa shape index (κ3) is 1.91. The Kier molecular flexibility index (Phi) is 2.64. The molecule has 1 amide bonds. The molecule has 4 nitrogen and oxygen atoms in total. The maximum absolute atomic E-state index is 11.2. The van der Waals surface area contributed by atoms with Crippen LogP contribution in [0.3, 0.4) is 0 Å². The van der Waals surface area contributed by atoms with Crippen LogP contribution in [0.25, 0.3) is 0 Å². The zero-order valence-electron chi connectivity index (χ0n) is 9.36. The van der Waals surface area contributed by atoms with Gasteiger partial charge in [0.25, 0.3) is 0 Å². The van der Waals surface area contributed by atoms with Crippen molar-refractivity contribution in [3.05, 3.63) is 29.8 Å². The van der Waals surface area contributed by atoms with Crippen LogP contribution in [-0.4, -0.2) is 17.7 Å². The minimum absolute atomic E-state index is 0.0307. The first-order valence-corrected chi connectivity index (χ1v) is 5.27. The number of nitrogens with zero attached hydrogens (tertiary/aromatic N) is 1. The summed E-state index contributed by atoms with van der Waals surface area (Å²) < 4.78 is 0. The van der Waals surface area contributed by atoms with Crippen molar-refractivity contribution in [3.8, 4) is 0 Å². The fourth-order valence-electron chi connectivity index (χ4n) is 1.83. The Bertz CT molecular complexity index is 425. The van der Waals surface area contributed by atoms with Crippen molar-refractivity contribution in [2.75, 3.05) is 5.01 Å². The van der Waals surface area contributed by atoms with Gasteiger partial charge in [-0.1, -0.05) is 0 Å². The fraction of sp³-hybridized carbons (Fsp3) is 0.333. The standard InChI is InChI=1S/C12H14N2O2/c1-8-7-12(16)13-14(8)11-5-3-10(4-6-11)9(2)15/h3-6,8H,7H2,1-2H3,(H,13,16). The molecular weight excluding hydrogens is 204 g/mol. The van der Waals surface area contributed by atoms with E-state index in [1.165, 1.54) is 6.92 Å². The number of nitrogens with one attached hydrogen (secondary N) is 1. The van der Waals surface area contributed by atoms with Gasteiger partial charge in [-0.2, -0.15) is 0 Å². The number of carbonyl (C=O) groups is 2. The van der Waals surface area contributed by atoms with Crippen LogP contribution in [0.15, 0.2) is 24.3 Å². The third-order valence-electron chi connectivity index (χ3n) is 2.72. The van der Waals surface area contributed by atoms with E-state index in [1.807, 2.05) is 24.1 Å². The van der Waals surface area contributed by atoms with Gasteiger partial charge in [-0.25, -0.2) is 0 Å². The van der Waals surface area contributed by atoms with Gasteiger partial charge in [-0.05, 0) is 38.1 Å². The van der Waals surface area contributed by atoms with Gasteiger partial charge in [-0.3, -0.25) is 20.0 Å². The number of hydrazine groups is 1. The summed E-state index contributed by atoms with van der Waals surface area (Å²) in [6.07, 6.45) is 0.508. The molecule has 1 unspecified atom stereocenters. The van der Waals surface area contributed by atoms with E-state index in [0.29, 0.717) is 12.0 Å². The van der Waals surface area contributed by atoms with Crippen molar-refractivity contribution < 1.29 is 9.59 Å². The molecule has 1 saturated heterocycles. The predicted molar refractivity (Wildman–Crippen MR) is 61.1 cm³/mol. The van der Waals surface area contributed by atoms with E-state index in [-0.39, 0.29) is 17.7 Å². The van der Waals surface area contributed by atoms with E-state index in [9.17, 15) is 9.59 Å². The minimum atomic E-state index is 0.0307. The normalized spacial score (nSPS) is 19.8. The quantitative estimate of drug-likeness (QED) is 0.766. The van der Waals surface area contributed by atoms with Crippen molar-refractivity contribution in [2.45, 2.75) is 26.3 Å². The summed E-state index contributed by atoms with van der Waals surface area (Å²) >= 11 is 0. The zero-order chi connectivity index (χ0) is 11.7. The Morgan fingerprint density at radius 3 is 2.44 bits per heavy atom. The Balaban J connectivity index is 2.22. The van der Waals surface area contributed by atoms with E-state index in [2.05, 4.69) is 5.43 Å². The molecule has 1 aromatic carbocycles. The maximum atomic E-state index is 11.2. The molecule has 0 aromatic heterocycles. The molecule has 1 atom stereocenters. The number of rotatable bonds is 2. The summed E-state index contributed by atoms with van der Waals surface area (Å²) in [4.78, 5) is 22.3. The SMILES string of the molecule is CC(=O)c1ccc(N2NC(=O)CC2C)cc1. The van der Waals surface area contributed by atoms with Crippen LogP contribution in [-0.2, 0) is 4.79 Å². The van der Waals surface area contributed by atoms with Crippen LogP contribution in [0.5, 0.6) is 0 Å². The Labute approximate surface area is 94.2 Å². The lowest BCUT2D eigenvalue weighted by atomic mass is 10.1. The van der Waals surface area contributed by atoms with Crippen molar-refractivity contribution in [1.82, 2.24) is 5.43 Å². The monoisotopic (exact) mass is 218 g/mol. The highest BCUT2D eigenvalue weighted by Gasteiger charge is 2.26. The number of benzene rings is 1. The van der Waals surface area contributed by atoms with Gasteiger partial charge in [0.2, 0.25) is 5.91 Å². The number of ketones is 1. The highest BCUT2D eigenvalue weighted by atomic mass is 16.2. The highest BCUT2D eigenvalue weighted by molar-refractivity contribution is 5.94. The molecule has 1 fully saturated rings. The molecule has 0 saturated carbocycles. The second-order valence-electron chi connectivity index (χ2n) is 4.06. The van der Waals surface area contributed by atoms with Crippen LogP contribution >= 0.6 is 0 Å². The smallest absolute Gasteiger partial charge is 0.240 e. The highest BCUT2D eigenvalue weighted by Crippen LogP contribution is 2.21. The molecule has 0 aliphatic carbocycles. The van der Waals surface area contributed by atoms with Gasteiger partial charge in [0, 0.05) is 5.56 Å². The minimum Gasteiger partial charge on any atom is -0.295 e. The zero-order valence-corrected chi connectivity index (χ0v) is 9.36. The van der Waals surface area contributed by atoms with E-state index in [0.717, 1.165) is 5.69 Å². The molecule has 84 valence electrons. The fourth-order valence-corrected chi connectivity index (χ4v) is 1.83. The van der Waals surface area contributed by atoms with Crippen LogP contribution in [0.2, 0.25) is 0 Å². The predicted octanol–water partition coefficient (Wildman–Crippen LogP) is 1.52. The molecule has 0 radical (unpaired) electrons. The molecule has 2 rings (SSSR count). The Morgan fingerprint density at radius 1 is 1.38 bits per heavy atom. The summed E-state index contributed by atoms with van der Waals surface area (Å²) in [5, 5.41) is 1.83. The van der Waals surface area contributed by atoms with Gasteiger partial charge in [0.05, 0.1) is 18.2 Å². The van der Waals surface area contributed by atoms with E-state index < -0.39 is 0 Å². The molecular formula is C12H14N2O2. The van der Waals surface area contributed by atoms with Crippen LogP contribution < -0.4 is 10.4 Å². The summed E-state index contributed by atoms with van der Waals surface area (Å²) in [7, 11) is 0. The van der Waals surface area contributed by atoms with E-state index in [4.69, 9.17) is 0 Å². The lowest BCUT2D eigenvalue weighted by Gasteiger charge is -2.22. The average molecular weight is 218 g/mol. The van der Waals surface area contributed by atoms with Gasteiger partial charge >= 0.3 is 0 Å². The van der Waals surface area contributed by atoms with Gasteiger partial charge < -0.3 is 0 Å². The first kappa shape index (κ1) is 10.7. The number of Topliss-reactive ketones (excluding diaryl/α,β-unsaturated/α-hetero) is 1. The van der Waals surface area contributed by atoms with Crippen LogP contribution in [0.4, 0.5) is 5.69 Å². The number of hydrogen-bond donors (Lipinski definition) is 1. The lowest BCUT2D eigenvalue weighted by Crippen LogP contribution is -2.36. The van der Waals surface area contributed by atoms with Crippen LogP contribution in [0.1, 0.15) is 30.6 Å². The first-order valence-electron chi connectivity index (χ1n) is 5.27. The summed E-state index contributed by atoms with van der Waals surface area (Å²) in [6, 6.07) is 7.39.